The summed E-state index contributed by atoms with van der Waals surface area (Å²) in [6, 6.07) is 5.85. The van der Waals surface area contributed by atoms with Gasteiger partial charge in [0.05, 0.1) is 0 Å². The van der Waals surface area contributed by atoms with E-state index >= 15 is 0 Å². The molecule has 3 rings (SSSR count). The van der Waals surface area contributed by atoms with Crippen molar-refractivity contribution < 1.29 is 9.59 Å². The van der Waals surface area contributed by atoms with Gasteiger partial charge in [-0.1, -0.05) is 13.8 Å². The van der Waals surface area contributed by atoms with Gasteiger partial charge >= 0.3 is 0 Å². The molecule has 1 fully saturated rings. The molecule has 0 aliphatic carbocycles. The Balaban J connectivity index is 1.63. The van der Waals surface area contributed by atoms with Crippen molar-refractivity contribution in [2.45, 2.75) is 40.5 Å². The minimum absolute atomic E-state index is 0.0550. The molecule has 5 nitrogen and oxygen atoms in total. The van der Waals surface area contributed by atoms with E-state index in [9.17, 15) is 9.59 Å². The third kappa shape index (κ3) is 3.76. The van der Waals surface area contributed by atoms with Crippen LogP contribution in [0, 0.1) is 19.8 Å². The van der Waals surface area contributed by atoms with Crippen molar-refractivity contribution in [2.24, 2.45) is 5.92 Å². The number of aromatic nitrogens is 1. The third-order valence-corrected chi connectivity index (χ3v) is 5.41. The van der Waals surface area contributed by atoms with Gasteiger partial charge in [0, 0.05) is 54.8 Å². The van der Waals surface area contributed by atoms with E-state index in [1.165, 1.54) is 5.56 Å². The lowest BCUT2D eigenvalue weighted by atomic mass is 10.1. The fourth-order valence-electron chi connectivity index (χ4n) is 3.51. The monoisotopic (exact) mass is 355 g/mol. The van der Waals surface area contributed by atoms with Gasteiger partial charge in [-0.25, -0.2) is 0 Å². The predicted octanol–water partition coefficient (Wildman–Crippen LogP) is 3.51. The molecular formula is C21H29N3O2. The maximum atomic E-state index is 12.9. The molecule has 2 aromatic rings. The molecule has 1 aliphatic heterocycles. The van der Waals surface area contributed by atoms with Crippen LogP contribution in [-0.2, 0) is 4.79 Å². The summed E-state index contributed by atoms with van der Waals surface area (Å²) in [6.45, 7) is 10.9. The van der Waals surface area contributed by atoms with E-state index in [2.05, 4.69) is 25.8 Å². The number of carbonyl (C=O) groups excluding carboxylic acids is 2. The molecule has 2 heterocycles. The van der Waals surface area contributed by atoms with Crippen molar-refractivity contribution in [1.29, 1.82) is 0 Å². The first-order valence-corrected chi connectivity index (χ1v) is 9.52. The van der Waals surface area contributed by atoms with E-state index in [0.29, 0.717) is 38.5 Å². The van der Waals surface area contributed by atoms with Crippen LogP contribution in [0.1, 0.15) is 48.3 Å². The summed E-state index contributed by atoms with van der Waals surface area (Å²) in [7, 11) is 0. The number of hydrogen-bond acceptors (Lipinski definition) is 2. The highest BCUT2D eigenvalue weighted by Gasteiger charge is 2.25. The molecule has 26 heavy (non-hydrogen) atoms. The molecule has 0 saturated carbocycles. The summed E-state index contributed by atoms with van der Waals surface area (Å²) in [5.41, 5.74) is 4.12. The van der Waals surface area contributed by atoms with E-state index in [1.54, 1.807) is 0 Å². The lowest BCUT2D eigenvalue weighted by molar-refractivity contribution is -0.132. The van der Waals surface area contributed by atoms with Crippen LogP contribution in [0.3, 0.4) is 0 Å². The molecule has 1 saturated heterocycles. The maximum Gasteiger partial charge on any atom is 0.253 e. The fraction of sp³-hybridized carbons (Fsp3) is 0.524. The zero-order valence-electron chi connectivity index (χ0n) is 16.3. The van der Waals surface area contributed by atoms with E-state index < -0.39 is 0 Å². The molecule has 2 amide bonds. The van der Waals surface area contributed by atoms with Crippen molar-refractivity contribution in [2.75, 3.05) is 26.2 Å². The first kappa shape index (κ1) is 18.5. The van der Waals surface area contributed by atoms with E-state index in [-0.39, 0.29) is 11.8 Å². The van der Waals surface area contributed by atoms with Crippen LogP contribution in [0.2, 0.25) is 0 Å². The van der Waals surface area contributed by atoms with Gasteiger partial charge in [-0.2, -0.15) is 0 Å². The zero-order chi connectivity index (χ0) is 18.8. The van der Waals surface area contributed by atoms with E-state index in [4.69, 9.17) is 0 Å². The molecule has 0 bridgehead atoms. The molecule has 1 N–H and O–H groups in total. The number of aryl methyl sites for hydroxylation is 2. The molecule has 0 spiro atoms. The van der Waals surface area contributed by atoms with Crippen LogP contribution in [0.15, 0.2) is 18.2 Å². The quantitative estimate of drug-likeness (QED) is 0.912. The summed E-state index contributed by atoms with van der Waals surface area (Å²) >= 11 is 0. The van der Waals surface area contributed by atoms with Crippen LogP contribution in [0.5, 0.6) is 0 Å². The van der Waals surface area contributed by atoms with Crippen LogP contribution in [0.25, 0.3) is 10.9 Å². The summed E-state index contributed by atoms with van der Waals surface area (Å²) in [4.78, 5) is 32.2. The summed E-state index contributed by atoms with van der Waals surface area (Å²) in [5.74, 6) is 0.808. The average Bonchev–Trinajstić information content (AvgIpc) is 2.93. The zero-order valence-corrected chi connectivity index (χ0v) is 16.3. The summed E-state index contributed by atoms with van der Waals surface area (Å²) in [6.07, 6.45) is 1.53. The number of aromatic amines is 1. The fourth-order valence-corrected chi connectivity index (χ4v) is 3.51. The van der Waals surface area contributed by atoms with Crippen LogP contribution in [-0.4, -0.2) is 52.8 Å². The Bertz CT molecular complexity index is 814. The molecule has 5 heteroatoms. The Kier molecular flexibility index (Phi) is 5.35. The van der Waals surface area contributed by atoms with Crippen molar-refractivity contribution >= 4 is 22.7 Å². The molecule has 1 aliphatic rings. The number of hydrogen-bond donors (Lipinski definition) is 1. The van der Waals surface area contributed by atoms with Gasteiger partial charge in [-0.3, -0.25) is 9.59 Å². The Labute approximate surface area is 155 Å². The number of piperazine rings is 1. The van der Waals surface area contributed by atoms with Gasteiger partial charge in [0.15, 0.2) is 0 Å². The normalized spacial score (nSPS) is 15.1. The maximum absolute atomic E-state index is 12.9. The molecule has 140 valence electrons. The van der Waals surface area contributed by atoms with E-state index in [1.807, 2.05) is 34.9 Å². The predicted molar refractivity (Wildman–Crippen MR) is 104 cm³/mol. The highest BCUT2D eigenvalue weighted by Crippen LogP contribution is 2.23. The van der Waals surface area contributed by atoms with Crippen LogP contribution < -0.4 is 0 Å². The number of rotatable bonds is 4. The Hall–Kier alpha value is -2.30. The number of fused-ring (bicyclic) bond motifs is 1. The average molecular weight is 355 g/mol. The molecular weight excluding hydrogens is 326 g/mol. The number of H-pyrrole nitrogens is 1. The largest absolute Gasteiger partial charge is 0.358 e. The van der Waals surface area contributed by atoms with Crippen LogP contribution in [0.4, 0.5) is 0 Å². The van der Waals surface area contributed by atoms with Crippen molar-refractivity contribution in [3.63, 3.8) is 0 Å². The molecule has 0 unspecified atom stereocenters. The molecule has 0 atom stereocenters. The number of amides is 2. The van der Waals surface area contributed by atoms with Gasteiger partial charge in [0.25, 0.3) is 5.91 Å². The summed E-state index contributed by atoms with van der Waals surface area (Å²) in [5, 5.41) is 1.11. The lowest BCUT2D eigenvalue weighted by Crippen LogP contribution is -2.50. The number of nitrogens with zero attached hydrogens (tertiary/aromatic N) is 2. The second-order valence-electron chi connectivity index (χ2n) is 7.74. The lowest BCUT2D eigenvalue weighted by Gasteiger charge is -2.35. The number of benzene rings is 1. The molecule has 0 radical (unpaired) electrons. The van der Waals surface area contributed by atoms with Crippen molar-refractivity contribution in [3.05, 3.63) is 35.0 Å². The van der Waals surface area contributed by atoms with Crippen molar-refractivity contribution in [1.82, 2.24) is 14.8 Å². The van der Waals surface area contributed by atoms with Crippen LogP contribution >= 0.6 is 0 Å². The smallest absolute Gasteiger partial charge is 0.253 e. The van der Waals surface area contributed by atoms with Gasteiger partial charge in [0.2, 0.25) is 5.91 Å². The minimum Gasteiger partial charge on any atom is -0.358 e. The van der Waals surface area contributed by atoms with Gasteiger partial charge in [-0.05, 0) is 49.9 Å². The number of carbonyl (C=O) groups is 2. The van der Waals surface area contributed by atoms with Gasteiger partial charge < -0.3 is 14.8 Å². The van der Waals surface area contributed by atoms with E-state index in [0.717, 1.165) is 28.6 Å². The summed E-state index contributed by atoms with van der Waals surface area (Å²) < 4.78 is 0. The second kappa shape index (κ2) is 7.52. The first-order valence-electron chi connectivity index (χ1n) is 9.52. The SMILES string of the molecule is Cc1[nH]c2ccc(C(=O)N3CCN(C(=O)CCC(C)C)CC3)cc2c1C. The van der Waals surface area contributed by atoms with Crippen molar-refractivity contribution in [3.8, 4) is 0 Å². The standard InChI is InChI=1S/C21H29N3O2/c1-14(2)5-8-20(25)23-9-11-24(12-10-23)21(26)17-6-7-19-18(13-17)15(3)16(4)22-19/h6-7,13-14,22H,5,8-12H2,1-4H3. The topological polar surface area (TPSA) is 56.4 Å². The first-order chi connectivity index (χ1) is 12.4. The highest BCUT2D eigenvalue weighted by atomic mass is 16.2. The Morgan fingerprint density at radius 1 is 1.08 bits per heavy atom. The number of nitrogens with one attached hydrogen (secondary N) is 1. The highest BCUT2D eigenvalue weighted by molar-refractivity contribution is 5.99. The van der Waals surface area contributed by atoms with Gasteiger partial charge in [-0.15, -0.1) is 0 Å². The minimum atomic E-state index is 0.0550. The molecule has 1 aromatic heterocycles. The molecule has 1 aromatic carbocycles. The third-order valence-electron chi connectivity index (χ3n) is 5.41. The Morgan fingerprint density at radius 2 is 1.73 bits per heavy atom. The Morgan fingerprint density at radius 3 is 2.38 bits per heavy atom. The van der Waals surface area contributed by atoms with Gasteiger partial charge in [0.1, 0.15) is 0 Å². The second-order valence-corrected chi connectivity index (χ2v) is 7.74.